The van der Waals surface area contributed by atoms with E-state index in [1.807, 2.05) is 29.2 Å². The van der Waals surface area contributed by atoms with Gasteiger partial charge in [-0.1, -0.05) is 6.42 Å². The van der Waals surface area contributed by atoms with Crippen molar-refractivity contribution in [3.63, 3.8) is 0 Å². The number of nitrogens with zero attached hydrogens (tertiary/aromatic N) is 2. The standard InChI is InChI=1S/C17H25N3OS/c1-13-5-3-4-10-20(13)15-11-19(12-15)17(21)18-14-6-8-16(22-2)9-7-14/h6-9,13,15H,3-5,10-12H2,1-2H3,(H,18,21)/t13-/m0/s1. The van der Waals surface area contributed by atoms with Crippen molar-refractivity contribution in [1.82, 2.24) is 9.80 Å². The van der Waals surface area contributed by atoms with Crippen LogP contribution in [0.5, 0.6) is 0 Å². The summed E-state index contributed by atoms with van der Waals surface area (Å²) in [7, 11) is 0. The summed E-state index contributed by atoms with van der Waals surface area (Å²) in [5.41, 5.74) is 0.873. The van der Waals surface area contributed by atoms with Crippen molar-refractivity contribution < 1.29 is 4.79 Å². The topological polar surface area (TPSA) is 35.6 Å². The normalized spacial score (nSPS) is 23.2. The lowest BCUT2D eigenvalue weighted by atomic mass is 9.98. The van der Waals surface area contributed by atoms with E-state index in [1.165, 1.54) is 30.7 Å². The molecule has 22 heavy (non-hydrogen) atoms. The van der Waals surface area contributed by atoms with Gasteiger partial charge in [0.05, 0.1) is 0 Å². The lowest BCUT2D eigenvalue weighted by molar-refractivity contribution is 0.0199. The molecule has 2 heterocycles. The van der Waals surface area contributed by atoms with Crippen LogP contribution in [0.3, 0.4) is 0 Å². The molecule has 0 spiro atoms. The Morgan fingerprint density at radius 3 is 2.59 bits per heavy atom. The molecule has 2 aliphatic heterocycles. The smallest absolute Gasteiger partial charge is 0.321 e. The molecule has 0 aliphatic carbocycles. The number of urea groups is 1. The SMILES string of the molecule is CSc1ccc(NC(=O)N2CC(N3CCCC[C@@H]3C)C2)cc1. The van der Waals surface area contributed by atoms with Crippen molar-refractivity contribution in [2.75, 3.05) is 31.2 Å². The highest BCUT2D eigenvalue weighted by Crippen LogP contribution is 2.25. The number of anilines is 1. The first kappa shape index (κ1) is 15.7. The Bertz CT molecular complexity index is 513. The molecule has 0 unspecified atom stereocenters. The summed E-state index contributed by atoms with van der Waals surface area (Å²) in [5, 5.41) is 2.99. The molecule has 120 valence electrons. The van der Waals surface area contributed by atoms with Crippen molar-refractivity contribution in [1.29, 1.82) is 0 Å². The second-order valence-electron chi connectivity index (χ2n) is 6.30. The zero-order chi connectivity index (χ0) is 15.5. The summed E-state index contributed by atoms with van der Waals surface area (Å²) in [5.74, 6) is 0. The third-order valence-corrected chi connectivity index (χ3v) is 5.56. The van der Waals surface area contributed by atoms with Crippen LogP contribution in [0.25, 0.3) is 0 Å². The molecule has 1 aromatic carbocycles. The number of piperidine rings is 1. The predicted molar refractivity (Wildman–Crippen MR) is 92.6 cm³/mol. The number of benzene rings is 1. The highest BCUT2D eigenvalue weighted by atomic mass is 32.2. The summed E-state index contributed by atoms with van der Waals surface area (Å²) in [6.45, 7) is 5.23. The number of carbonyl (C=O) groups is 1. The summed E-state index contributed by atoms with van der Waals surface area (Å²) in [4.78, 5) is 18.0. The number of rotatable bonds is 3. The molecule has 3 rings (SSSR count). The average molecular weight is 319 g/mol. The summed E-state index contributed by atoms with van der Waals surface area (Å²) >= 11 is 1.71. The second-order valence-corrected chi connectivity index (χ2v) is 7.18. The van der Waals surface area contributed by atoms with Gasteiger partial charge in [0.25, 0.3) is 0 Å². The third kappa shape index (κ3) is 3.41. The molecule has 1 N–H and O–H groups in total. The number of nitrogens with one attached hydrogen (secondary N) is 1. The molecular weight excluding hydrogens is 294 g/mol. The van der Waals surface area contributed by atoms with Crippen LogP contribution in [0.2, 0.25) is 0 Å². The minimum absolute atomic E-state index is 0.0258. The van der Waals surface area contributed by atoms with Crippen molar-refractivity contribution in [2.45, 2.75) is 43.2 Å². The van der Waals surface area contributed by atoms with Gasteiger partial charge in [0.1, 0.15) is 0 Å². The Balaban J connectivity index is 1.48. The first-order chi connectivity index (χ1) is 10.7. The molecule has 1 atom stereocenters. The highest BCUT2D eigenvalue weighted by molar-refractivity contribution is 7.98. The van der Waals surface area contributed by atoms with Crippen LogP contribution in [0.15, 0.2) is 29.2 Å². The lowest BCUT2D eigenvalue weighted by Gasteiger charge is -2.49. The Morgan fingerprint density at radius 2 is 1.95 bits per heavy atom. The van der Waals surface area contributed by atoms with E-state index in [-0.39, 0.29) is 6.03 Å². The second kappa shape index (κ2) is 6.92. The Kier molecular flexibility index (Phi) is 4.93. The minimum Gasteiger partial charge on any atom is -0.321 e. The minimum atomic E-state index is 0.0258. The molecule has 4 nitrogen and oxygen atoms in total. The van der Waals surface area contributed by atoms with Crippen molar-refractivity contribution in [3.8, 4) is 0 Å². The molecule has 5 heteroatoms. The van der Waals surface area contributed by atoms with Gasteiger partial charge in [-0.15, -0.1) is 11.8 Å². The average Bonchev–Trinajstić information content (AvgIpc) is 2.48. The fraction of sp³-hybridized carbons (Fsp3) is 0.588. The first-order valence-electron chi connectivity index (χ1n) is 8.13. The molecule has 0 saturated carbocycles. The monoisotopic (exact) mass is 319 g/mol. The van der Waals surface area contributed by atoms with Gasteiger partial charge in [0.2, 0.25) is 0 Å². The number of thioether (sulfide) groups is 1. The van der Waals surface area contributed by atoms with E-state index in [2.05, 4.69) is 23.4 Å². The van der Waals surface area contributed by atoms with Gasteiger partial charge in [0.15, 0.2) is 0 Å². The fourth-order valence-corrected chi connectivity index (χ4v) is 3.78. The largest absolute Gasteiger partial charge is 0.321 e. The van der Waals surface area contributed by atoms with E-state index >= 15 is 0 Å². The number of carbonyl (C=O) groups excluding carboxylic acids is 1. The molecule has 2 fully saturated rings. The van der Waals surface area contributed by atoms with Gasteiger partial charge < -0.3 is 10.2 Å². The molecule has 2 amide bonds. The van der Waals surface area contributed by atoms with Crippen molar-refractivity contribution in [3.05, 3.63) is 24.3 Å². The van der Waals surface area contributed by atoms with Crippen molar-refractivity contribution in [2.24, 2.45) is 0 Å². The first-order valence-corrected chi connectivity index (χ1v) is 9.35. The van der Waals surface area contributed by atoms with Crippen LogP contribution in [0.4, 0.5) is 10.5 Å². The van der Waals surface area contributed by atoms with Crippen LogP contribution in [0.1, 0.15) is 26.2 Å². The molecular formula is C17H25N3OS. The number of likely N-dealkylation sites (tertiary alicyclic amines) is 2. The fourth-order valence-electron chi connectivity index (χ4n) is 3.37. The van der Waals surface area contributed by atoms with E-state index < -0.39 is 0 Å². The van der Waals surface area contributed by atoms with Crippen LogP contribution >= 0.6 is 11.8 Å². The van der Waals surface area contributed by atoms with Gasteiger partial charge in [-0.25, -0.2) is 4.79 Å². The van der Waals surface area contributed by atoms with Crippen LogP contribution in [-0.2, 0) is 0 Å². The van der Waals surface area contributed by atoms with Gasteiger partial charge in [-0.2, -0.15) is 0 Å². The molecule has 0 aromatic heterocycles. The third-order valence-electron chi connectivity index (χ3n) is 4.81. The number of amides is 2. The molecule has 2 saturated heterocycles. The Labute approximate surface area is 137 Å². The number of hydrogen-bond acceptors (Lipinski definition) is 3. The summed E-state index contributed by atoms with van der Waals surface area (Å²) in [6.07, 6.45) is 6.00. The maximum absolute atomic E-state index is 12.3. The van der Waals surface area contributed by atoms with Gasteiger partial charge >= 0.3 is 6.03 Å². The predicted octanol–water partition coefficient (Wildman–Crippen LogP) is 3.50. The van der Waals surface area contributed by atoms with Gasteiger partial charge in [-0.3, -0.25) is 4.90 Å². The lowest BCUT2D eigenvalue weighted by Crippen LogP contribution is -2.64. The summed E-state index contributed by atoms with van der Waals surface area (Å²) < 4.78 is 0. The van der Waals surface area contributed by atoms with Crippen LogP contribution in [-0.4, -0.2) is 53.8 Å². The maximum Gasteiger partial charge on any atom is 0.321 e. The van der Waals surface area contributed by atoms with Gasteiger partial charge in [0, 0.05) is 35.8 Å². The molecule has 0 bridgehead atoms. The molecule has 0 radical (unpaired) electrons. The Hall–Kier alpha value is -1.20. The molecule has 1 aromatic rings. The highest BCUT2D eigenvalue weighted by Gasteiger charge is 2.37. The van der Waals surface area contributed by atoms with E-state index in [1.54, 1.807) is 11.8 Å². The maximum atomic E-state index is 12.3. The molecule has 2 aliphatic rings. The van der Waals surface area contributed by atoms with E-state index in [0.29, 0.717) is 12.1 Å². The zero-order valence-electron chi connectivity index (χ0n) is 13.4. The zero-order valence-corrected chi connectivity index (χ0v) is 14.2. The Morgan fingerprint density at radius 1 is 1.23 bits per heavy atom. The van der Waals surface area contributed by atoms with E-state index in [0.717, 1.165) is 18.8 Å². The summed E-state index contributed by atoms with van der Waals surface area (Å²) in [6, 6.07) is 9.26. The van der Waals surface area contributed by atoms with Gasteiger partial charge in [-0.05, 0) is 56.8 Å². The van der Waals surface area contributed by atoms with E-state index in [4.69, 9.17) is 0 Å². The number of hydrogen-bond donors (Lipinski definition) is 1. The quantitative estimate of drug-likeness (QED) is 0.866. The van der Waals surface area contributed by atoms with E-state index in [9.17, 15) is 4.79 Å². The van der Waals surface area contributed by atoms with Crippen molar-refractivity contribution >= 4 is 23.5 Å². The van der Waals surface area contributed by atoms with Crippen LogP contribution in [0, 0.1) is 0 Å². The van der Waals surface area contributed by atoms with Crippen LogP contribution < -0.4 is 5.32 Å².